The maximum atomic E-state index is 13.5. The molecule has 2 aromatic rings. The van der Waals surface area contributed by atoms with Crippen molar-refractivity contribution in [3.05, 3.63) is 52.6 Å². The minimum Gasteiger partial charge on any atom is -0.496 e. The third-order valence-electron chi connectivity index (χ3n) is 4.13. The molecule has 2 rings (SSSR count). The van der Waals surface area contributed by atoms with Gasteiger partial charge in [-0.15, -0.1) is 0 Å². The molecule has 0 aromatic heterocycles. The van der Waals surface area contributed by atoms with Gasteiger partial charge in [-0.1, -0.05) is 13.0 Å². The van der Waals surface area contributed by atoms with Gasteiger partial charge in [-0.3, -0.25) is 0 Å². The van der Waals surface area contributed by atoms with Crippen LogP contribution in [0.4, 0.5) is 13.6 Å². The van der Waals surface area contributed by atoms with Crippen LogP contribution in [-0.2, 0) is 17.8 Å². The molecule has 0 N–H and O–H groups in total. The van der Waals surface area contributed by atoms with Crippen LogP contribution in [-0.4, -0.2) is 20.4 Å². The first-order valence-corrected chi connectivity index (χ1v) is 8.37. The molecule has 0 bridgehead atoms. The molecule has 27 heavy (non-hydrogen) atoms. The fourth-order valence-corrected chi connectivity index (χ4v) is 2.68. The van der Waals surface area contributed by atoms with Gasteiger partial charge < -0.3 is 18.9 Å². The average molecular weight is 380 g/mol. The highest BCUT2D eigenvalue weighted by atomic mass is 19.3. The zero-order valence-corrected chi connectivity index (χ0v) is 15.7. The smallest absolute Gasteiger partial charge is 0.496 e. The summed E-state index contributed by atoms with van der Waals surface area (Å²) in [5.74, 6) is 0.647. The van der Waals surface area contributed by atoms with Crippen LogP contribution >= 0.6 is 0 Å². The second kappa shape index (κ2) is 9.21. The predicted octanol–water partition coefficient (Wildman–Crippen LogP) is 5.23. The van der Waals surface area contributed by atoms with Crippen LogP contribution < -0.4 is 14.2 Å². The zero-order valence-electron chi connectivity index (χ0n) is 15.7. The number of benzene rings is 2. The van der Waals surface area contributed by atoms with Crippen LogP contribution in [0.2, 0.25) is 0 Å². The second-order valence-electron chi connectivity index (χ2n) is 5.75. The minimum absolute atomic E-state index is 0.0784. The van der Waals surface area contributed by atoms with E-state index < -0.39 is 12.6 Å². The highest BCUT2D eigenvalue weighted by Crippen LogP contribution is 2.35. The van der Waals surface area contributed by atoms with Crippen LogP contribution in [0.1, 0.15) is 35.6 Å². The average Bonchev–Trinajstić information content (AvgIpc) is 2.66. The Morgan fingerprint density at radius 1 is 1.11 bits per heavy atom. The van der Waals surface area contributed by atoms with Gasteiger partial charge in [-0.2, -0.15) is 0 Å². The normalized spacial score (nSPS) is 10.6. The van der Waals surface area contributed by atoms with Gasteiger partial charge in [0.1, 0.15) is 23.9 Å². The molecule has 2 aromatic carbocycles. The molecule has 146 valence electrons. The molecule has 0 atom stereocenters. The van der Waals surface area contributed by atoms with Crippen LogP contribution in [0.5, 0.6) is 17.2 Å². The van der Waals surface area contributed by atoms with E-state index in [9.17, 15) is 13.6 Å². The van der Waals surface area contributed by atoms with E-state index in [1.54, 1.807) is 18.2 Å². The molecular formula is C20H22F2O5. The molecule has 0 aliphatic carbocycles. The molecule has 0 fully saturated rings. The molecule has 0 spiro atoms. The van der Waals surface area contributed by atoms with Crippen LogP contribution in [0, 0.1) is 6.92 Å². The highest BCUT2D eigenvalue weighted by Gasteiger charge is 2.19. The summed E-state index contributed by atoms with van der Waals surface area (Å²) >= 11 is 0. The van der Waals surface area contributed by atoms with Crippen molar-refractivity contribution in [3.63, 3.8) is 0 Å². The maximum absolute atomic E-state index is 13.5. The van der Waals surface area contributed by atoms with E-state index in [1.165, 1.54) is 26.4 Å². The number of alkyl halides is 2. The first kappa shape index (κ1) is 20.5. The first-order chi connectivity index (χ1) is 12.9. The van der Waals surface area contributed by atoms with Crippen molar-refractivity contribution in [2.75, 3.05) is 14.2 Å². The van der Waals surface area contributed by atoms with Gasteiger partial charge in [0, 0.05) is 0 Å². The molecule has 0 saturated heterocycles. The molecule has 0 aliphatic rings. The third kappa shape index (κ3) is 4.87. The van der Waals surface area contributed by atoms with Crippen LogP contribution in [0.25, 0.3) is 0 Å². The quantitative estimate of drug-likeness (QED) is 0.486. The molecule has 5 nitrogen and oxygen atoms in total. The third-order valence-corrected chi connectivity index (χ3v) is 4.13. The van der Waals surface area contributed by atoms with E-state index in [-0.39, 0.29) is 23.7 Å². The Balaban J connectivity index is 2.36. The van der Waals surface area contributed by atoms with Crippen LogP contribution in [0.15, 0.2) is 30.3 Å². The van der Waals surface area contributed by atoms with E-state index in [0.717, 1.165) is 11.1 Å². The Hall–Kier alpha value is -2.83. The van der Waals surface area contributed by atoms with Crippen molar-refractivity contribution in [2.24, 2.45) is 0 Å². The summed E-state index contributed by atoms with van der Waals surface area (Å²) in [6.07, 6.45) is -2.93. The number of carbonyl (C=O) groups excluding carboxylic acids is 1. The van der Waals surface area contributed by atoms with E-state index in [4.69, 9.17) is 14.2 Å². The van der Waals surface area contributed by atoms with E-state index in [2.05, 4.69) is 4.74 Å². The van der Waals surface area contributed by atoms with Gasteiger partial charge in [0.25, 0.3) is 6.43 Å². The lowest BCUT2D eigenvalue weighted by molar-refractivity contribution is 0.120. The fraction of sp³-hybridized carbons (Fsp3) is 0.350. The van der Waals surface area contributed by atoms with Gasteiger partial charge in [0.05, 0.1) is 25.3 Å². The monoisotopic (exact) mass is 380 g/mol. The number of hydrogen-bond donors (Lipinski definition) is 0. The summed E-state index contributed by atoms with van der Waals surface area (Å²) < 4.78 is 47.4. The topological polar surface area (TPSA) is 54.0 Å². The lowest BCUT2D eigenvalue weighted by Gasteiger charge is -2.17. The Kier molecular flexibility index (Phi) is 6.98. The van der Waals surface area contributed by atoms with Crippen molar-refractivity contribution in [3.8, 4) is 17.2 Å². The number of aryl methyl sites for hydroxylation is 2. The van der Waals surface area contributed by atoms with Gasteiger partial charge in [0.2, 0.25) is 0 Å². The van der Waals surface area contributed by atoms with Gasteiger partial charge >= 0.3 is 6.16 Å². The van der Waals surface area contributed by atoms with E-state index >= 15 is 0 Å². The highest BCUT2D eigenvalue weighted by molar-refractivity contribution is 5.65. The standard InChI is InChI=1S/C20H22F2O5/c1-5-13-10-14(19(21)22)18(9-12(13)2)26-11-15-16(24-3)7-6-8-17(15)27-20(23)25-4/h6-10,19H,5,11H2,1-4H3. The lowest BCUT2D eigenvalue weighted by atomic mass is 10.0. The lowest BCUT2D eigenvalue weighted by Crippen LogP contribution is -2.11. The molecule has 0 aliphatic heterocycles. The number of rotatable bonds is 7. The molecule has 0 saturated carbocycles. The summed E-state index contributed by atoms with van der Waals surface area (Å²) in [5, 5.41) is 0. The van der Waals surface area contributed by atoms with Crippen molar-refractivity contribution in [2.45, 2.75) is 33.3 Å². The Bertz CT molecular complexity index is 805. The molecule has 0 radical (unpaired) electrons. The number of halogens is 2. The van der Waals surface area contributed by atoms with Crippen molar-refractivity contribution >= 4 is 6.16 Å². The summed E-state index contributed by atoms with van der Waals surface area (Å²) in [5.41, 5.74) is 1.93. The largest absolute Gasteiger partial charge is 0.513 e. The summed E-state index contributed by atoms with van der Waals surface area (Å²) in [4.78, 5) is 11.4. The molecule has 0 amide bonds. The van der Waals surface area contributed by atoms with Crippen molar-refractivity contribution in [1.82, 2.24) is 0 Å². The Labute approximate surface area is 156 Å². The number of ether oxygens (including phenoxy) is 4. The summed E-state index contributed by atoms with van der Waals surface area (Å²) in [7, 11) is 2.64. The number of hydrogen-bond acceptors (Lipinski definition) is 5. The SMILES string of the molecule is CCc1cc(C(F)F)c(OCc2c(OC)cccc2OC(=O)OC)cc1C. The van der Waals surface area contributed by atoms with E-state index in [0.29, 0.717) is 17.7 Å². The Morgan fingerprint density at radius 2 is 1.81 bits per heavy atom. The number of methoxy groups -OCH3 is 2. The van der Waals surface area contributed by atoms with Gasteiger partial charge in [-0.05, 0) is 48.7 Å². The molecule has 0 unspecified atom stereocenters. The van der Waals surface area contributed by atoms with Gasteiger partial charge in [0.15, 0.2) is 0 Å². The molecule has 0 heterocycles. The van der Waals surface area contributed by atoms with E-state index in [1.807, 2.05) is 13.8 Å². The Morgan fingerprint density at radius 3 is 2.41 bits per heavy atom. The fourth-order valence-electron chi connectivity index (χ4n) is 2.68. The minimum atomic E-state index is -2.67. The molecule has 7 heteroatoms. The second-order valence-corrected chi connectivity index (χ2v) is 5.75. The van der Waals surface area contributed by atoms with Crippen molar-refractivity contribution < 1.29 is 32.5 Å². The van der Waals surface area contributed by atoms with Crippen LogP contribution in [0.3, 0.4) is 0 Å². The predicted molar refractivity (Wildman–Crippen MR) is 95.9 cm³/mol. The van der Waals surface area contributed by atoms with Gasteiger partial charge in [-0.25, -0.2) is 13.6 Å². The summed E-state index contributed by atoms with van der Waals surface area (Å²) in [6.45, 7) is 3.63. The first-order valence-electron chi connectivity index (χ1n) is 8.37. The summed E-state index contributed by atoms with van der Waals surface area (Å²) in [6, 6.07) is 7.88. The van der Waals surface area contributed by atoms with Crippen molar-refractivity contribution in [1.29, 1.82) is 0 Å². The number of carbonyl (C=O) groups is 1. The molecular weight excluding hydrogens is 358 g/mol. The maximum Gasteiger partial charge on any atom is 0.513 e. The zero-order chi connectivity index (χ0) is 20.0.